The summed E-state index contributed by atoms with van der Waals surface area (Å²) in [5.41, 5.74) is 0.628. The van der Waals surface area contributed by atoms with Gasteiger partial charge in [-0.1, -0.05) is 18.5 Å². The molecule has 0 amide bonds. The SMILES string of the molecule is CCC1CCC(C)N1c1nnc2c(Cl)nccn12. The standard InChI is InChI=1S/C12H16ClN5/c1-3-9-5-4-8(2)18(9)12-16-15-11-10(13)14-6-7-17(11)12/h6-9H,3-5H2,1-2H3. The molecule has 1 fully saturated rings. The topological polar surface area (TPSA) is 46.3 Å². The van der Waals surface area contributed by atoms with Gasteiger partial charge >= 0.3 is 0 Å². The fraction of sp³-hybridized carbons (Fsp3) is 0.583. The van der Waals surface area contributed by atoms with Crippen molar-refractivity contribution in [3.8, 4) is 0 Å². The minimum atomic E-state index is 0.399. The molecular formula is C12H16ClN5. The Balaban J connectivity index is 2.11. The molecule has 1 aliphatic rings. The first-order valence-corrected chi connectivity index (χ1v) is 6.73. The Hall–Kier alpha value is -1.36. The van der Waals surface area contributed by atoms with Crippen molar-refractivity contribution in [3.05, 3.63) is 17.5 Å². The summed E-state index contributed by atoms with van der Waals surface area (Å²) in [6.07, 6.45) is 7.09. The molecule has 0 N–H and O–H groups in total. The van der Waals surface area contributed by atoms with Crippen LogP contribution in [0.5, 0.6) is 0 Å². The second-order valence-corrected chi connectivity index (χ2v) is 5.17. The number of nitrogens with zero attached hydrogens (tertiary/aromatic N) is 5. The summed E-state index contributed by atoms with van der Waals surface area (Å²) in [5.74, 6) is 0.881. The predicted octanol–water partition coefficient (Wildman–Crippen LogP) is 2.55. The van der Waals surface area contributed by atoms with Crippen LogP contribution in [-0.4, -0.2) is 31.7 Å². The van der Waals surface area contributed by atoms with Gasteiger partial charge in [-0.3, -0.25) is 4.40 Å². The highest BCUT2D eigenvalue weighted by Gasteiger charge is 2.32. The van der Waals surface area contributed by atoms with Gasteiger partial charge < -0.3 is 4.90 Å². The molecule has 0 saturated carbocycles. The zero-order valence-corrected chi connectivity index (χ0v) is 11.3. The summed E-state index contributed by atoms with van der Waals surface area (Å²) in [5, 5.41) is 8.84. The highest BCUT2D eigenvalue weighted by atomic mass is 35.5. The van der Waals surface area contributed by atoms with Gasteiger partial charge in [0.2, 0.25) is 5.95 Å². The molecule has 0 aliphatic carbocycles. The summed E-state index contributed by atoms with van der Waals surface area (Å²) in [6.45, 7) is 4.45. The van der Waals surface area contributed by atoms with Crippen LogP contribution in [0.4, 0.5) is 5.95 Å². The molecule has 3 heterocycles. The van der Waals surface area contributed by atoms with E-state index in [4.69, 9.17) is 11.6 Å². The van der Waals surface area contributed by atoms with Crippen LogP contribution >= 0.6 is 11.6 Å². The van der Waals surface area contributed by atoms with E-state index in [1.807, 2.05) is 10.6 Å². The lowest BCUT2D eigenvalue weighted by molar-refractivity contribution is 0.610. The van der Waals surface area contributed by atoms with E-state index in [0.29, 0.717) is 22.9 Å². The van der Waals surface area contributed by atoms with Gasteiger partial charge in [0.15, 0.2) is 10.8 Å². The van der Waals surface area contributed by atoms with Gasteiger partial charge in [0.25, 0.3) is 0 Å². The Morgan fingerprint density at radius 2 is 2.22 bits per heavy atom. The Morgan fingerprint density at radius 1 is 1.39 bits per heavy atom. The van der Waals surface area contributed by atoms with Crippen LogP contribution in [0, 0.1) is 0 Å². The smallest absolute Gasteiger partial charge is 0.232 e. The number of halogens is 1. The first-order valence-electron chi connectivity index (χ1n) is 6.36. The van der Waals surface area contributed by atoms with Crippen molar-refractivity contribution in [2.45, 2.75) is 45.2 Å². The van der Waals surface area contributed by atoms with Crippen LogP contribution in [0.3, 0.4) is 0 Å². The summed E-state index contributed by atoms with van der Waals surface area (Å²) in [7, 11) is 0. The van der Waals surface area contributed by atoms with E-state index in [0.717, 1.165) is 12.4 Å². The van der Waals surface area contributed by atoms with Gasteiger partial charge in [-0.2, -0.15) is 0 Å². The lowest BCUT2D eigenvalue weighted by atomic mass is 10.2. The number of hydrogen-bond donors (Lipinski definition) is 0. The second-order valence-electron chi connectivity index (χ2n) is 4.81. The summed E-state index contributed by atoms with van der Waals surface area (Å²) >= 11 is 6.03. The minimum absolute atomic E-state index is 0.399. The summed E-state index contributed by atoms with van der Waals surface area (Å²) in [4.78, 5) is 6.39. The first-order chi connectivity index (χ1) is 8.72. The largest absolute Gasteiger partial charge is 0.335 e. The predicted molar refractivity (Wildman–Crippen MR) is 71.0 cm³/mol. The van der Waals surface area contributed by atoms with Crippen LogP contribution in [-0.2, 0) is 0 Å². The van der Waals surface area contributed by atoms with E-state index in [1.54, 1.807) is 6.20 Å². The normalized spacial score (nSPS) is 24.1. The molecular weight excluding hydrogens is 250 g/mol. The van der Waals surface area contributed by atoms with Crippen molar-refractivity contribution in [1.29, 1.82) is 0 Å². The van der Waals surface area contributed by atoms with E-state index < -0.39 is 0 Å². The molecule has 2 atom stereocenters. The van der Waals surface area contributed by atoms with Crippen molar-refractivity contribution in [2.24, 2.45) is 0 Å². The van der Waals surface area contributed by atoms with Crippen LogP contribution in [0.15, 0.2) is 12.4 Å². The van der Waals surface area contributed by atoms with Crippen molar-refractivity contribution in [1.82, 2.24) is 19.6 Å². The average Bonchev–Trinajstić information content (AvgIpc) is 2.93. The fourth-order valence-corrected chi connectivity index (χ4v) is 2.98. The highest BCUT2D eigenvalue weighted by Crippen LogP contribution is 2.31. The average molecular weight is 266 g/mol. The van der Waals surface area contributed by atoms with Crippen LogP contribution < -0.4 is 4.90 Å². The highest BCUT2D eigenvalue weighted by molar-refractivity contribution is 6.32. The van der Waals surface area contributed by atoms with Crippen molar-refractivity contribution in [2.75, 3.05) is 4.90 Å². The molecule has 2 aromatic rings. The minimum Gasteiger partial charge on any atom is -0.335 e. The van der Waals surface area contributed by atoms with E-state index in [2.05, 4.69) is 33.9 Å². The van der Waals surface area contributed by atoms with Gasteiger partial charge in [0.1, 0.15) is 0 Å². The van der Waals surface area contributed by atoms with E-state index in [9.17, 15) is 0 Å². The van der Waals surface area contributed by atoms with Crippen molar-refractivity contribution >= 4 is 23.2 Å². The molecule has 96 valence electrons. The third-order valence-corrected chi connectivity index (χ3v) is 4.02. The van der Waals surface area contributed by atoms with E-state index in [-0.39, 0.29) is 0 Å². The van der Waals surface area contributed by atoms with Crippen molar-refractivity contribution in [3.63, 3.8) is 0 Å². The lowest BCUT2D eigenvalue weighted by Gasteiger charge is -2.27. The maximum absolute atomic E-state index is 6.03. The molecule has 0 radical (unpaired) electrons. The van der Waals surface area contributed by atoms with Crippen LogP contribution in [0.1, 0.15) is 33.1 Å². The molecule has 1 saturated heterocycles. The monoisotopic (exact) mass is 265 g/mol. The molecule has 0 aromatic carbocycles. The van der Waals surface area contributed by atoms with Gasteiger partial charge in [-0.25, -0.2) is 4.98 Å². The van der Waals surface area contributed by atoms with Gasteiger partial charge in [0, 0.05) is 24.5 Å². The van der Waals surface area contributed by atoms with Crippen LogP contribution in [0.25, 0.3) is 5.65 Å². The summed E-state index contributed by atoms with van der Waals surface area (Å²) < 4.78 is 1.93. The Kier molecular flexibility index (Phi) is 2.86. The fourth-order valence-electron chi connectivity index (χ4n) is 2.79. The number of rotatable bonds is 2. The lowest BCUT2D eigenvalue weighted by Crippen LogP contribution is -2.35. The third-order valence-electron chi connectivity index (χ3n) is 3.75. The Bertz CT molecular complexity index is 567. The van der Waals surface area contributed by atoms with E-state index >= 15 is 0 Å². The zero-order chi connectivity index (χ0) is 12.7. The summed E-state index contributed by atoms with van der Waals surface area (Å²) in [6, 6.07) is 1.04. The number of aromatic nitrogens is 4. The molecule has 2 unspecified atom stereocenters. The number of hydrogen-bond acceptors (Lipinski definition) is 4. The number of fused-ring (bicyclic) bond motifs is 1. The van der Waals surface area contributed by atoms with Crippen molar-refractivity contribution < 1.29 is 0 Å². The quantitative estimate of drug-likeness (QED) is 0.837. The Labute approximate surface area is 111 Å². The maximum Gasteiger partial charge on any atom is 0.232 e. The van der Waals surface area contributed by atoms with Gasteiger partial charge in [-0.05, 0) is 26.2 Å². The zero-order valence-electron chi connectivity index (χ0n) is 10.5. The molecule has 18 heavy (non-hydrogen) atoms. The van der Waals surface area contributed by atoms with Crippen LogP contribution in [0.2, 0.25) is 5.15 Å². The molecule has 3 rings (SSSR count). The molecule has 2 aromatic heterocycles. The first kappa shape index (κ1) is 11.7. The molecule has 5 nitrogen and oxygen atoms in total. The second kappa shape index (κ2) is 4.39. The van der Waals surface area contributed by atoms with Gasteiger partial charge in [-0.15, -0.1) is 10.2 Å². The Morgan fingerprint density at radius 3 is 3.00 bits per heavy atom. The molecule has 6 heteroatoms. The molecule has 0 spiro atoms. The third kappa shape index (κ3) is 1.65. The number of anilines is 1. The molecule has 0 bridgehead atoms. The maximum atomic E-state index is 6.03. The van der Waals surface area contributed by atoms with Gasteiger partial charge in [0.05, 0.1) is 0 Å². The molecule has 1 aliphatic heterocycles. The van der Waals surface area contributed by atoms with E-state index in [1.165, 1.54) is 12.8 Å².